The number of nitrogens with one attached hydrogen (secondary N) is 1. The smallest absolute Gasteiger partial charge is 0.266 e. The van der Waals surface area contributed by atoms with Crippen LogP contribution in [0.3, 0.4) is 0 Å². The Kier molecular flexibility index (Phi) is 4.78. The third-order valence-electron chi connectivity index (χ3n) is 1.07. The lowest BCUT2D eigenvalue weighted by Gasteiger charge is -2.00. The molecule has 0 radical (unpaired) electrons. The lowest BCUT2D eigenvalue weighted by atomic mass is 10.7. The molecule has 0 heterocycles. The minimum absolute atomic E-state index is 0.0612. The van der Waals surface area contributed by atoms with Crippen molar-refractivity contribution in [3.63, 3.8) is 0 Å². The van der Waals surface area contributed by atoms with Crippen molar-refractivity contribution in [2.45, 2.75) is 0 Å². The van der Waals surface area contributed by atoms with E-state index in [9.17, 15) is 16.8 Å². The highest BCUT2D eigenvalue weighted by atomic mass is 32.2. The molecule has 7 nitrogen and oxygen atoms in total. The van der Waals surface area contributed by atoms with Crippen LogP contribution in [-0.4, -0.2) is 50.5 Å². The topological polar surface area (TPSA) is 121 Å². The molecule has 3 N–H and O–H groups in total. The lowest BCUT2D eigenvalue weighted by molar-refractivity contribution is 0.479. The van der Waals surface area contributed by atoms with Gasteiger partial charge < -0.3 is 5.32 Å². The van der Waals surface area contributed by atoms with Crippen molar-refractivity contribution in [1.29, 1.82) is 0 Å². The van der Waals surface area contributed by atoms with Crippen LogP contribution in [0.2, 0.25) is 0 Å². The third kappa shape index (κ3) is 11.8. The van der Waals surface area contributed by atoms with Gasteiger partial charge in [-0.1, -0.05) is 0 Å². The van der Waals surface area contributed by atoms with Crippen LogP contribution < -0.4 is 5.32 Å². The van der Waals surface area contributed by atoms with Crippen molar-refractivity contribution in [3.8, 4) is 0 Å². The largest absolute Gasteiger partial charge is 0.315 e. The summed E-state index contributed by atoms with van der Waals surface area (Å²) in [4.78, 5) is 0. The van der Waals surface area contributed by atoms with Gasteiger partial charge in [-0.2, -0.15) is 16.8 Å². The van der Waals surface area contributed by atoms with Crippen LogP contribution in [0.4, 0.5) is 0 Å². The Balaban J connectivity index is 3.50. The van der Waals surface area contributed by atoms with Gasteiger partial charge in [0.25, 0.3) is 20.2 Å². The molecule has 0 spiro atoms. The average Bonchev–Trinajstić information content (AvgIpc) is 1.81. The first-order valence-corrected chi connectivity index (χ1v) is 6.53. The Labute approximate surface area is 76.6 Å². The molecule has 0 saturated heterocycles. The zero-order valence-electron chi connectivity index (χ0n) is 6.67. The minimum atomic E-state index is -4.01. The van der Waals surface area contributed by atoms with Gasteiger partial charge in [0.15, 0.2) is 0 Å². The molecule has 0 bridgehead atoms. The maximum Gasteiger partial charge on any atom is 0.266 e. The molecule has 0 fully saturated rings. The number of hydrogen-bond acceptors (Lipinski definition) is 5. The highest BCUT2D eigenvalue weighted by Gasteiger charge is 2.05. The summed E-state index contributed by atoms with van der Waals surface area (Å²) in [5.41, 5.74) is 0. The molecule has 0 aliphatic rings. The van der Waals surface area contributed by atoms with Gasteiger partial charge in [0.1, 0.15) is 0 Å². The highest BCUT2D eigenvalue weighted by Crippen LogP contribution is 1.81. The number of hydrogen-bond donors (Lipinski definition) is 3. The predicted molar refractivity (Wildman–Crippen MR) is 45.7 cm³/mol. The Morgan fingerprint density at radius 1 is 0.846 bits per heavy atom. The van der Waals surface area contributed by atoms with E-state index in [4.69, 9.17) is 9.11 Å². The lowest BCUT2D eigenvalue weighted by Crippen LogP contribution is -2.27. The zero-order valence-corrected chi connectivity index (χ0v) is 8.31. The average molecular weight is 233 g/mol. The summed E-state index contributed by atoms with van der Waals surface area (Å²) in [6, 6.07) is 0. The first-order valence-electron chi connectivity index (χ1n) is 3.32. The summed E-state index contributed by atoms with van der Waals surface area (Å²) in [6.45, 7) is -0.122. The van der Waals surface area contributed by atoms with E-state index in [-0.39, 0.29) is 13.1 Å². The molecule has 0 rings (SSSR count). The van der Waals surface area contributed by atoms with Gasteiger partial charge in [0.05, 0.1) is 11.5 Å². The van der Waals surface area contributed by atoms with Crippen molar-refractivity contribution >= 4 is 20.2 Å². The molecule has 0 saturated carbocycles. The SMILES string of the molecule is O=S(=O)(O)CCNCCS(=O)(=O)O. The Morgan fingerprint density at radius 3 is 1.38 bits per heavy atom. The Bertz CT molecular complexity index is 296. The molecule has 0 aromatic carbocycles. The van der Waals surface area contributed by atoms with E-state index in [0.29, 0.717) is 0 Å². The second-order valence-corrected chi connectivity index (χ2v) is 5.47. The highest BCUT2D eigenvalue weighted by molar-refractivity contribution is 7.86. The minimum Gasteiger partial charge on any atom is -0.315 e. The fourth-order valence-electron chi connectivity index (χ4n) is 0.527. The van der Waals surface area contributed by atoms with Gasteiger partial charge in [0, 0.05) is 13.1 Å². The first kappa shape index (κ1) is 12.8. The molecular formula is C4H11NO6S2. The Morgan fingerprint density at radius 2 is 1.15 bits per heavy atom. The van der Waals surface area contributed by atoms with Crippen LogP contribution in [0.5, 0.6) is 0 Å². The number of rotatable bonds is 6. The van der Waals surface area contributed by atoms with E-state index >= 15 is 0 Å². The van der Waals surface area contributed by atoms with E-state index < -0.39 is 31.7 Å². The van der Waals surface area contributed by atoms with E-state index in [1.807, 2.05) is 0 Å². The molecule has 0 atom stereocenters. The monoisotopic (exact) mass is 233 g/mol. The second-order valence-electron chi connectivity index (χ2n) is 2.32. The van der Waals surface area contributed by atoms with Gasteiger partial charge in [-0.25, -0.2) is 0 Å². The van der Waals surface area contributed by atoms with E-state index in [1.165, 1.54) is 0 Å². The van der Waals surface area contributed by atoms with Gasteiger partial charge in [-0.05, 0) is 0 Å². The van der Waals surface area contributed by atoms with Crippen molar-refractivity contribution < 1.29 is 25.9 Å². The first-order chi connectivity index (χ1) is 5.71. The summed E-state index contributed by atoms with van der Waals surface area (Å²) in [5, 5.41) is 2.42. The summed E-state index contributed by atoms with van der Waals surface area (Å²) < 4.78 is 57.0. The van der Waals surface area contributed by atoms with Gasteiger partial charge in [0.2, 0.25) is 0 Å². The maximum absolute atomic E-state index is 10.1. The second kappa shape index (κ2) is 4.86. The van der Waals surface area contributed by atoms with Crippen molar-refractivity contribution in [1.82, 2.24) is 5.32 Å². The van der Waals surface area contributed by atoms with Crippen LogP contribution >= 0.6 is 0 Å². The molecule has 13 heavy (non-hydrogen) atoms. The molecule has 0 amide bonds. The van der Waals surface area contributed by atoms with Gasteiger partial charge in [-0.3, -0.25) is 9.11 Å². The fourth-order valence-corrected chi connectivity index (χ4v) is 1.33. The molecule has 0 unspecified atom stereocenters. The predicted octanol–water partition coefficient (Wildman–Crippen LogP) is -1.65. The van der Waals surface area contributed by atoms with Crippen molar-refractivity contribution in [2.75, 3.05) is 24.6 Å². The summed E-state index contributed by atoms with van der Waals surface area (Å²) in [7, 11) is -8.03. The van der Waals surface area contributed by atoms with Gasteiger partial charge >= 0.3 is 0 Å². The molecule has 0 aliphatic carbocycles. The normalized spacial score (nSPS) is 13.1. The third-order valence-corrected chi connectivity index (χ3v) is 2.51. The summed E-state index contributed by atoms with van der Waals surface area (Å²) >= 11 is 0. The fraction of sp³-hybridized carbons (Fsp3) is 1.00. The van der Waals surface area contributed by atoms with E-state index in [0.717, 1.165) is 0 Å². The molecule has 0 aliphatic heterocycles. The quantitative estimate of drug-likeness (QED) is 0.371. The van der Waals surface area contributed by atoms with Crippen LogP contribution in [0.15, 0.2) is 0 Å². The summed E-state index contributed by atoms with van der Waals surface area (Å²) in [6.07, 6.45) is 0. The van der Waals surface area contributed by atoms with Crippen LogP contribution in [-0.2, 0) is 20.2 Å². The van der Waals surface area contributed by atoms with Gasteiger partial charge in [-0.15, -0.1) is 0 Å². The van der Waals surface area contributed by atoms with Crippen LogP contribution in [0.25, 0.3) is 0 Å². The molecule has 0 aromatic heterocycles. The zero-order chi connectivity index (χ0) is 10.5. The molecule has 9 heteroatoms. The molecule has 80 valence electrons. The standard InChI is InChI=1S/C4H11NO6S2/c6-12(7,8)3-1-5-2-4-13(9,10)11/h5H,1-4H2,(H,6,7,8)(H,9,10,11). The van der Waals surface area contributed by atoms with E-state index in [2.05, 4.69) is 5.32 Å². The Hall–Kier alpha value is -0.220. The van der Waals surface area contributed by atoms with Crippen molar-refractivity contribution in [3.05, 3.63) is 0 Å². The molecule has 0 aromatic rings. The summed E-state index contributed by atoms with van der Waals surface area (Å²) in [5.74, 6) is -0.975. The van der Waals surface area contributed by atoms with Crippen molar-refractivity contribution in [2.24, 2.45) is 0 Å². The van der Waals surface area contributed by atoms with Crippen LogP contribution in [0.1, 0.15) is 0 Å². The van der Waals surface area contributed by atoms with Crippen LogP contribution in [0, 0.1) is 0 Å². The van der Waals surface area contributed by atoms with E-state index in [1.54, 1.807) is 0 Å². The maximum atomic E-state index is 10.1. The molecular weight excluding hydrogens is 222 g/mol.